The Labute approximate surface area is 97.8 Å². The van der Waals surface area contributed by atoms with Crippen LogP contribution in [0.3, 0.4) is 0 Å². The Morgan fingerprint density at radius 2 is 1.87 bits per heavy atom. The largest absolute Gasteiger partial charge is 0.313 e. The van der Waals surface area contributed by atoms with Gasteiger partial charge in [0.1, 0.15) is 0 Å². The summed E-state index contributed by atoms with van der Waals surface area (Å²) in [6, 6.07) is 8.56. The molecule has 0 heterocycles. The monoisotopic (exact) mass is 225 g/mol. The van der Waals surface area contributed by atoms with Gasteiger partial charge < -0.3 is 5.32 Å². The lowest BCUT2D eigenvalue weighted by Crippen LogP contribution is -2.23. The number of nitrogens with one attached hydrogen (secondary N) is 1. The third-order valence-corrected chi connectivity index (χ3v) is 3.11. The molecule has 0 aromatic heterocycles. The van der Waals surface area contributed by atoms with E-state index < -0.39 is 0 Å². The van der Waals surface area contributed by atoms with Crippen LogP contribution in [0.15, 0.2) is 24.3 Å². The van der Waals surface area contributed by atoms with Gasteiger partial charge in [0.2, 0.25) is 0 Å². The van der Waals surface area contributed by atoms with E-state index in [-0.39, 0.29) is 0 Å². The molecule has 1 aromatic carbocycles. The second kappa shape index (κ2) is 6.14. The summed E-state index contributed by atoms with van der Waals surface area (Å²) in [4.78, 5) is 0. The van der Waals surface area contributed by atoms with Crippen LogP contribution in [-0.4, -0.2) is 7.05 Å². The highest BCUT2D eigenvalue weighted by Crippen LogP contribution is 2.26. The molecule has 0 aliphatic carbocycles. The first-order valence-corrected chi connectivity index (χ1v) is 5.99. The van der Waals surface area contributed by atoms with Gasteiger partial charge in [0.25, 0.3) is 0 Å². The van der Waals surface area contributed by atoms with Crippen LogP contribution in [0.5, 0.6) is 0 Å². The van der Waals surface area contributed by atoms with E-state index in [2.05, 4.69) is 31.3 Å². The zero-order chi connectivity index (χ0) is 11.3. The molecule has 1 N–H and O–H groups in total. The van der Waals surface area contributed by atoms with Crippen molar-refractivity contribution in [2.75, 3.05) is 7.05 Å². The van der Waals surface area contributed by atoms with Crippen LogP contribution in [0.4, 0.5) is 0 Å². The molecule has 0 saturated heterocycles. The summed E-state index contributed by atoms with van der Waals surface area (Å²) < 4.78 is 0. The number of hydrogen-bond acceptors (Lipinski definition) is 1. The number of hydrogen-bond donors (Lipinski definition) is 1. The molecule has 0 aliphatic heterocycles. The van der Waals surface area contributed by atoms with Crippen molar-refractivity contribution in [2.45, 2.75) is 32.7 Å². The Morgan fingerprint density at radius 3 is 2.33 bits per heavy atom. The lowest BCUT2D eigenvalue weighted by molar-refractivity contribution is 0.384. The van der Waals surface area contributed by atoms with E-state index in [1.165, 1.54) is 18.4 Å². The second-order valence-corrected chi connectivity index (χ2v) is 4.52. The van der Waals surface area contributed by atoms with E-state index in [1.54, 1.807) is 0 Å². The van der Waals surface area contributed by atoms with Gasteiger partial charge in [-0.25, -0.2) is 0 Å². The zero-order valence-electron chi connectivity index (χ0n) is 9.76. The Bertz CT molecular complexity index is 281. The van der Waals surface area contributed by atoms with Gasteiger partial charge in [0, 0.05) is 11.1 Å². The minimum Gasteiger partial charge on any atom is -0.313 e. The lowest BCUT2D eigenvalue weighted by atomic mass is 9.91. The van der Waals surface area contributed by atoms with Crippen molar-refractivity contribution in [3.63, 3.8) is 0 Å². The maximum absolute atomic E-state index is 5.88. The van der Waals surface area contributed by atoms with E-state index >= 15 is 0 Å². The molecule has 0 radical (unpaired) electrons. The van der Waals surface area contributed by atoms with Gasteiger partial charge in [-0.15, -0.1) is 0 Å². The maximum Gasteiger partial charge on any atom is 0.0406 e. The normalized spacial score (nSPS) is 14.9. The lowest BCUT2D eigenvalue weighted by Gasteiger charge is -2.23. The molecule has 0 saturated carbocycles. The highest BCUT2D eigenvalue weighted by molar-refractivity contribution is 6.30. The Morgan fingerprint density at radius 1 is 1.27 bits per heavy atom. The molecule has 1 rings (SSSR count). The molecule has 0 bridgehead atoms. The summed E-state index contributed by atoms with van der Waals surface area (Å²) >= 11 is 5.88. The third-order valence-electron chi connectivity index (χ3n) is 2.85. The standard InChI is InChI=1S/C13H20ClN/c1-4-5-10(2)13(15-3)11-6-8-12(14)9-7-11/h6-10,13,15H,4-5H2,1-3H3. The minimum absolute atomic E-state index is 0.433. The van der Waals surface area contributed by atoms with Crippen molar-refractivity contribution < 1.29 is 0 Å². The Hall–Kier alpha value is -0.530. The predicted molar refractivity (Wildman–Crippen MR) is 67.3 cm³/mol. The molecule has 0 spiro atoms. The third kappa shape index (κ3) is 3.51. The average Bonchev–Trinajstić information content (AvgIpc) is 2.22. The summed E-state index contributed by atoms with van der Waals surface area (Å²) in [5, 5.41) is 4.18. The SMILES string of the molecule is CCCC(C)C(NC)c1ccc(Cl)cc1. The van der Waals surface area contributed by atoms with Crippen molar-refractivity contribution in [1.82, 2.24) is 5.32 Å². The van der Waals surface area contributed by atoms with Gasteiger partial charge in [0.05, 0.1) is 0 Å². The van der Waals surface area contributed by atoms with Crippen molar-refractivity contribution in [3.8, 4) is 0 Å². The van der Waals surface area contributed by atoms with E-state index in [0.717, 1.165) is 5.02 Å². The van der Waals surface area contributed by atoms with Crippen molar-refractivity contribution >= 4 is 11.6 Å². The van der Waals surface area contributed by atoms with Crippen LogP contribution in [-0.2, 0) is 0 Å². The fourth-order valence-electron chi connectivity index (χ4n) is 2.07. The molecule has 0 fully saturated rings. The first kappa shape index (κ1) is 12.5. The van der Waals surface area contributed by atoms with E-state index in [1.807, 2.05) is 19.2 Å². The Kier molecular flexibility index (Phi) is 5.13. The molecule has 1 aromatic rings. The van der Waals surface area contributed by atoms with Crippen LogP contribution in [0.1, 0.15) is 38.3 Å². The second-order valence-electron chi connectivity index (χ2n) is 4.08. The van der Waals surface area contributed by atoms with Crippen molar-refractivity contribution in [2.24, 2.45) is 5.92 Å². The summed E-state index contributed by atoms with van der Waals surface area (Å²) in [5.74, 6) is 0.654. The minimum atomic E-state index is 0.433. The molecular weight excluding hydrogens is 206 g/mol. The van der Waals surface area contributed by atoms with Crippen LogP contribution in [0.25, 0.3) is 0 Å². The highest BCUT2D eigenvalue weighted by atomic mass is 35.5. The fraction of sp³-hybridized carbons (Fsp3) is 0.538. The molecule has 0 aliphatic rings. The molecule has 2 atom stereocenters. The average molecular weight is 226 g/mol. The maximum atomic E-state index is 5.88. The van der Waals surface area contributed by atoms with Gasteiger partial charge in [-0.05, 0) is 37.1 Å². The summed E-state index contributed by atoms with van der Waals surface area (Å²) in [6.07, 6.45) is 2.47. The molecule has 15 heavy (non-hydrogen) atoms. The molecule has 2 heteroatoms. The summed E-state index contributed by atoms with van der Waals surface area (Å²) in [6.45, 7) is 4.52. The highest BCUT2D eigenvalue weighted by Gasteiger charge is 2.16. The summed E-state index contributed by atoms with van der Waals surface area (Å²) in [5.41, 5.74) is 1.32. The predicted octanol–water partition coefficient (Wildman–Crippen LogP) is 4.04. The van der Waals surface area contributed by atoms with Gasteiger partial charge in [-0.2, -0.15) is 0 Å². The molecule has 1 nitrogen and oxygen atoms in total. The Balaban J connectivity index is 2.77. The van der Waals surface area contributed by atoms with Crippen LogP contribution < -0.4 is 5.32 Å². The van der Waals surface area contributed by atoms with E-state index in [4.69, 9.17) is 11.6 Å². The first-order chi connectivity index (χ1) is 7.19. The molecule has 0 amide bonds. The number of rotatable bonds is 5. The topological polar surface area (TPSA) is 12.0 Å². The number of benzene rings is 1. The molecule has 84 valence electrons. The van der Waals surface area contributed by atoms with Gasteiger partial charge in [-0.3, -0.25) is 0 Å². The zero-order valence-corrected chi connectivity index (χ0v) is 10.5. The van der Waals surface area contributed by atoms with Gasteiger partial charge >= 0.3 is 0 Å². The van der Waals surface area contributed by atoms with Gasteiger partial charge in [-0.1, -0.05) is 44.0 Å². The molecule has 2 unspecified atom stereocenters. The smallest absolute Gasteiger partial charge is 0.0406 e. The number of halogens is 1. The van der Waals surface area contributed by atoms with Crippen LogP contribution in [0.2, 0.25) is 5.02 Å². The molecular formula is C13H20ClN. The quantitative estimate of drug-likeness (QED) is 0.798. The first-order valence-electron chi connectivity index (χ1n) is 5.61. The van der Waals surface area contributed by atoms with E-state index in [0.29, 0.717) is 12.0 Å². The van der Waals surface area contributed by atoms with Crippen LogP contribution >= 0.6 is 11.6 Å². The van der Waals surface area contributed by atoms with Crippen LogP contribution in [0, 0.1) is 5.92 Å². The van der Waals surface area contributed by atoms with E-state index in [9.17, 15) is 0 Å². The summed E-state index contributed by atoms with van der Waals surface area (Å²) in [7, 11) is 2.02. The van der Waals surface area contributed by atoms with Crippen molar-refractivity contribution in [1.29, 1.82) is 0 Å². The fourth-order valence-corrected chi connectivity index (χ4v) is 2.20. The van der Waals surface area contributed by atoms with Crippen molar-refractivity contribution in [3.05, 3.63) is 34.9 Å². The van der Waals surface area contributed by atoms with Gasteiger partial charge in [0.15, 0.2) is 0 Å².